The molecule has 5 aromatic carbocycles. The van der Waals surface area contributed by atoms with Crippen molar-refractivity contribution >= 4 is 156 Å². The van der Waals surface area contributed by atoms with E-state index in [1.54, 1.807) is 92.9 Å². The molecule has 8 atom stereocenters. The molecule has 0 fully saturated rings. The number of hydrogen-bond donors (Lipinski definition) is 4. The van der Waals surface area contributed by atoms with Crippen molar-refractivity contribution < 1.29 is 81.5 Å². The van der Waals surface area contributed by atoms with Gasteiger partial charge in [0.2, 0.25) is 0 Å². The number of rotatable bonds is 35. The zero-order chi connectivity index (χ0) is 96.2. The standard InChI is InChI=1S/3C20H35NO3SSi.C16H27NO2Si.C15H21NO3S.C5H13Si.CH4.BrH.ClH.Mg/c3*1-15(2)24-19(22)17-11-9-16(10-12-17)18(13-14-26(6,7)8)21-25(23)20(3,4)5;1-12(2)19-16(18)14-8-6-13(7-9-14)15(17)10-11-20(3,4)5;1-11(2)19-14(17)13-8-6-12(7-9-13)10-16-20(18)15(3,4)5;1-5-6(2,3)4;;;;/h3*9-12,15,18,21H,13-14H2,1-8H3;6-9,12,15H,10-11,17H2,1-5H3;6-11H,1-5H3;1,5H2,2-4H3;1H4;2*1H;/q;;;;;-1;;;;+2/p-1/t2*18-,25+;18-,25-;15-;20-;;;;;/m11010...../s1. The van der Waals surface area contributed by atoms with Gasteiger partial charge in [-0.2, -0.15) is 10.4 Å². The monoisotopic (exact) mass is 2040 g/mol. The summed E-state index contributed by atoms with van der Waals surface area (Å²) in [6, 6.07) is 42.6. The van der Waals surface area contributed by atoms with Gasteiger partial charge in [0.05, 0.1) is 110 Å². The largest absolute Gasteiger partial charge is 2.00 e. The van der Waals surface area contributed by atoms with Crippen LogP contribution in [0, 0.1) is 6.92 Å². The van der Waals surface area contributed by atoms with Crippen molar-refractivity contribution in [2.24, 2.45) is 10.1 Å². The molecule has 0 bridgehead atoms. The van der Waals surface area contributed by atoms with E-state index in [-0.39, 0.29) is 163 Å². The number of benzene rings is 5. The number of carbonyl (C=O) groups excluding carboxylic acids is 5. The van der Waals surface area contributed by atoms with Crippen LogP contribution in [0.15, 0.2) is 126 Å². The Hall–Kier alpha value is -3.82. The fourth-order valence-electron chi connectivity index (χ4n) is 10.1. The molecule has 0 spiro atoms. The summed E-state index contributed by atoms with van der Waals surface area (Å²) in [6.45, 7) is 80.6. The van der Waals surface area contributed by atoms with Crippen LogP contribution in [0.3, 0.4) is 0 Å². The van der Waals surface area contributed by atoms with Crippen LogP contribution in [0.1, 0.15) is 289 Å². The number of nitrogens with two attached hydrogens (primary N) is 1. The van der Waals surface area contributed by atoms with Gasteiger partial charge in [-0.25, -0.2) is 55.0 Å². The Morgan fingerprint density at radius 2 is 0.547 bits per heavy atom. The number of halogens is 2. The minimum Gasteiger partial charge on any atom is -1.00 e. The fraction of sp³-hybridized carbons (Fsp3) is 0.619. The summed E-state index contributed by atoms with van der Waals surface area (Å²) >= 11 is 0. The van der Waals surface area contributed by atoms with Gasteiger partial charge in [0.15, 0.2) is 0 Å². The van der Waals surface area contributed by atoms with Gasteiger partial charge in [-0.3, -0.25) is 0 Å². The number of hydrogen-bond acceptors (Lipinski definition) is 15. The van der Waals surface area contributed by atoms with Crippen molar-refractivity contribution in [2.75, 3.05) is 0 Å². The summed E-state index contributed by atoms with van der Waals surface area (Å²) in [5.41, 5.74) is 14.0. The summed E-state index contributed by atoms with van der Waals surface area (Å²) in [6.07, 6.45) is 4.73. The number of nitrogens with zero attached hydrogens (tertiary/aromatic N) is 1. The van der Waals surface area contributed by atoms with E-state index in [1.807, 2.05) is 187 Å². The molecule has 5 aromatic rings. The third-order valence-corrected chi connectivity index (χ3v) is 32.7. The maximum Gasteiger partial charge on any atom is 2.00 e. The van der Waals surface area contributed by atoms with E-state index in [4.69, 9.17) is 29.4 Å². The molecular formula is C97H171BrClMgN5O14S4Si5. The first-order valence-corrected chi connectivity index (χ1v) is 67.0. The second-order valence-corrected chi connectivity index (χ2v) is 79.0. The Kier molecular flexibility index (Phi) is 63.5. The first-order valence-electron chi connectivity index (χ1n) is 43.9. The molecule has 0 aromatic heterocycles. The Labute approximate surface area is 825 Å². The minimum atomic E-state index is -1.28. The predicted molar refractivity (Wildman–Crippen MR) is 563 cm³/mol. The van der Waals surface area contributed by atoms with Crippen LogP contribution in [-0.4, -0.2) is 166 Å². The first kappa shape index (κ1) is 133. The smallest absolute Gasteiger partial charge is 1.00 e. The predicted octanol–water partition coefficient (Wildman–Crippen LogP) is 22.2. The molecule has 0 saturated carbocycles. The molecule has 728 valence electrons. The number of esters is 5. The zero-order valence-electron chi connectivity index (χ0n) is 84.8. The molecule has 0 aliphatic heterocycles. The van der Waals surface area contributed by atoms with E-state index in [0.717, 1.165) is 77.7 Å². The van der Waals surface area contributed by atoms with E-state index < -0.39 is 84.3 Å². The minimum absolute atomic E-state index is 0. The molecular weight excluding hydrogens is 1870 g/mol. The number of ether oxygens (including phenoxy) is 5. The van der Waals surface area contributed by atoms with Crippen molar-refractivity contribution in [3.63, 3.8) is 0 Å². The van der Waals surface area contributed by atoms with Crippen molar-refractivity contribution in [3.05, 3.63) is 184 Å². The fourth-order valence-corrected chi connectivity index (χ4v) is 17.9. The van der Waals surface area contributed by atoms with Crippen molar-refractivity contribution in [1.29, 1.82) is 0 Å². The van der Waals surface area contributed by atoms with Crippen LogP contribution in [-0.2, 0) is 67.6 Å². The van der Waals surface area contributed by atoms with Crippen molar-refractivity contribution in [3.8, 4) is 0 Å². The van der Waals surface area contributed by atoms with Gasteiger partial charge < -0.3 is 53.3 Å². The summed E-state index contributed by atoms with van der Waals surface area (Å²) in [4.78, 5) is 59.5. The van der Waals surface area contributed by atoms with Crippen LogP contribution in [0.25, 0.3) is 0 Å². The number of carbonyl (C=O) groups is 5. The van der Waals surface area contributed by atoms with Crippen LogP contribution in [0.4, 0.5) is 0 Å². The first-order chi connectivity index (χ1) is 56.3. The second-order valence-electron chi connectivity index (χ2n) is 42.9. The van der Waals surface area contributed by atoms with E-state index in [1.165, 1.54) is 6.04 Å². The second kappa shape index (κ2) is 61.3. The normalized spacial score (nSPS) is 13.9. The molecule has 0 unspecified atom stereocenters. The summed E-state index contributed by atoms with van der Waals surface area (Å²) in [7, 11) is -10.1. The summed E-state index contributed by atoms with van der Waals surface area (Å²) < 4.78 is 88.2. The third-order valence-electron chi connectivity index (χ3n) is 17.8. The van der Waals surface area contributed by atoms with Gasteiger partial charge in [0.1, 0.15) is 11.0 Å². The third kappa shape index (κ3) is 62.0. The Balaban J connectivity index is -0.000000482. The van der Waals surface area contributed by atoms with E-state index in [0.29, 0.717) is 27.8 Å². The van der Waals surface area contributed by atoms with Crippen molar-refractivity contribution in [2.45, 2.75) is 388 Å². The molecule has 31 heteroatoms. The average Bonchev–Trinajstić information content (AvgIpc) is 1.05. The van der Waals surface area contributed by atoms with Gasteiger partial charge in [-0.1, -0.05) is 190 Å². The van der Waals surface area contributed by atoms with Gasteiger partial charge in [0.25, 0.3) is 0 Å². The number of nitrogens with one attached hydrogen (secondary N) is 3. The topological polar surface area (TPSA) is 274 Å². The maximum atomic E-state index is 12.6. The molecule has 0 saturated heterocycles. The molecule has 0 heterocycles. The van der Waals surface area contributed by atoms with Crippen LogP contribution >= 0.6 is 12.4 Å². The zero-order valence-corrected chi connectivity index (χ0v) is 96.8. The van der Waals surface area contributed by atoms with Crippen LogP contribution in [0.5, 0.6) is 0 Å². The van der Waals surface area contributed by atoms with E-state index in [9.17, 15) is 40.8 Å². The summed E-state index contributed by atoms with van der Waals surface area (Å²) in [5, 5.41) is 0. The Morgan fingerprint density at radius 1 is 0.359 bits per heavy atom. The maximum absolute atomic E-state index is 12.6. The summed E-state index contributed by atoms with van der Waals surface area (Å²) in [5.74, 6) is -1.55. The average molecular weight is 2040 g/mol. The van der Waals surface area contributed by atoms with Gasteiger partial charge in [-0.15, -0.1) is 12.4 Å². The SMILES string of the molecule is C.CC(C)OC(=O)c1ccc(C=N[S@@](=O)C(C)(C)C)cc1.CC(C)OC(=O)c1ccc([C@@H](CC[Si](C)(C)C)N[S@@](=O)C(C)(C)C)cc1.CC(C)OC(=O)c1ccc([C@@H](CC[Si](C)(C)C)N[S@@](=O)C(C)(C)C)cc1.CC(C)OC(=O)c1ccc([C@H](CC[Si](C)(C)C)N[S@@](=O)C(C)(C)C)cc1.CC(C)OC(=O)c1ccc([C@H](N)CC[Si](C)(C)C)cc1.Cl.[Br-].[CH2-]C[Si](C)(C)C.[Mg+2]. The van der Waals surface area contributed by atoms with E-state index >= 15 is 0 Å². The Morgan fingerprint density at radius 3 is 0.719 bits per heavy atom. The molecule has 0 radical (unpaired) electrons. The molecule has 0 aliphatic rings. The Bertz CT molecular complexity index is 3880. The van der Waals surface area contributed by atoms with Crippen molar-refractivity contribution in [1.82, 2.24) is 14.2 Å². The van der Waals surface area contributed by atoms with Gasteiger partial charge in [0, 0.05) is 70.8 Å². The van der Waals surface area contributed by atoms with Gasteiger partial charge in [-0.05, 0) is 266 Å². The van der Waals surface area contributed by atoms with Gasteiger partial charge >= 0.3 is 52.9 Å². The quantitative estimate of drug-likeness (QED) is 0.00965. The molecule has 0 amide bonds. The molecule has 5 N–H and O–H groups in total. The van der Waals surface area contributed by atoms with Crippen LogP contribution < -0.4 is 36.9 Å². The van der Waals surface area contributed by atoms with Crippen LogP contribution in [0.2, 0.25) is 128 Å². The molecule has 128 heavy (non-hydrogen) atoms. The molecule has 19 nitrogen and oxygen atoms in total. The molecule has 5 rings (SSSR count). The molecule has 0 aliphatic carbocycles. The van der Waals surface area contributed by atoms with E-state index in [2.05, 4.69) is 124 Å².